The molecule has 0 heterocycles. The van der Waals surface area contributed by atoms with Crippen molar-refractivity contribution in [2.24, 2.45) is 23.7 Å². The predicted molar refractivity (Wildman–Crippen MR) is 100 cm³/mol. The lowest BCUT2D eigenvalue weighted by atomic mass is 9.84. The second-order valence-electron chi connectivity index (χ2n) is 7.17. The molecule has 4 rings (SSSR count). The van der Waals surface area contributed by atoms with Crippen LogP contribution >= 0.6 is 0 Å². The first-order valence-corrected chi connectivity index (χ1v) is 9.28. The molecule has 4 atom stereocenters. The highest BCUT2D eigenvalue weighted by Gasteiger charge is 2.50. The Morgan fingerprint density at radius 2 is 1.08 bits per heavy atom. The van der Waals surface area contributed by atoms with Crippen molar-refractivity contribution in [3.63, 3.8) is 0 Å². The lowest BCUT2D eigenvalue weighted by Gasteiger charge is -2.26. The van der Waals surface area contributed by atoms with E-state index in [0.29, 0.717) is 32.2 Å². The van der Waals surface area contributed by atoms with Crippen LogP contribution in [0, 0.1) is 23.7 Å². The van der Waals surface area contributed by atoms with Crippen LogP contribution in [0.2, 0.25) is 0 Å². The minimum atomic E-state index is 0.00102. The maximum Gasteiger partial charge on any atom is 0.147 e. The lowest BCUT2D eigenvalue weighted by Crippen LogP contribution is -2.28. The zero-order chi connectivity index (χ0) is 17.8. The summed E-state index contributed by atoms with van der Waals surface area (Å²) in [5.74, 6) is 0.780. The minimum absolute atomic E-state index is 0.00102. The van der Waals surface area contributed by atoms with Gasteiger partial charge in [-0.3, -0.25) is 4.79 Å². The number of Topliss-reactive ketones (excluding diaryl/α,β-unsaturated/α-hetero) is 1. The molecular formula is C23H24O3. The molecule has 0 aromatic heterocycles. The highest BCUT2D eigenvalue weighted by molar-refractivity contribution is 5.92. The van der Waals surface area contributed by atoms with E-state index in [4.69, 9.17) is 9.47 Å². The van der Waals surface area contributed by atoms with Crippen molar-refractivity contribution in [2.45, 2.75) is 13.2 Å². The molecule has 0 aliphatic heterocycles. The number of hydrogen-bond donors (Lipinski definition) is 0. The fourth-order valence-electron chi connectivity index (χ4n) is 4.12. The molecule has 0 spiro atoms. The number of carbonyl (C=O) groups excluding carboxylic acids is 1. The number of allylic oxidation sites excluding steroid dienone is 2. The number of hydrogen-bond acceptors (Lipinski definition) is 3. The second kappa shape index (κ2) is 7.98. The standard InChI is InChI=1S/C23H24O3/c24-23-19-11-12-20(23)22(16-26-14-18-9-5-2-6-10-18)21(19)15-25-13-17-7-3-1-4-8-17/h1-12,19-22H,13-16H2/t19-,20+,21-,22+. The predicted octanol–water partition coefficient (Wildman–Crippen LogP) is 4.04. The van der Waals surface area contributed by atoms with E-state index in [1.807, 2.05) is 36.4 Å². The highest BCUT2D eigenvalue weighted by Crippen LogP contribution is 2.45. The van der Waals surface area contributed by atoms with Crippen molar-refractivity contribution >= 4 is 5.78 Å². The fourth-order valence-corrected chi connectivity index (χ4v) is 4.12. The van der Waals surface area contributed by atoms with E-state index in [0.717, 1.165) is 11.1 Å². The van der Waals surface area contributed by atoms with Crippen LogP contribution < -0.4 is 0 Å². The van der Waals surface area contributed by atoms with Crippen molar-refractivity contribution in [3.8, 4) is 0 Å². The van der Waals surface area contributed by atoms with Gasteiger partial charge in [0.05, 0.1) is 26.4 Å². The molecule has 0 N–H and O–H groups in total. The van der Waals surface area contributed by atoms with Gasteiger partial charge in [-0.05, 0) is 11.1 Å². The molecular weight excluding hydrogens is 324 g/mol. The summed E-state index contributed by atoms with van der Waals surface area (Å²) < 4.78 is 11.9. The molecule has 2 aliphatic carbocycles. The molecule has 1 saturated carbocycles. The average Bonchev–Trinajstić information content (AvgIpc) is 3.17. The molecule has 134 valence electrons. The Morgan fingerprint density at radius 1 is 0.654 bits per heavy atom. The van der Waals surface area contributed by atoms with Crippen molar-refractivity contribution in [3.05, 3.63) is 83.9 Å². The number of rotatable bonds is 8. The van der Waals surface area contributed by atoms with Crippen LogP contribution in [-0.4, -0.2) is 19.0 Å². The van der Waals surface area contributed by atoms with Gasteiger partial charge in [0.1, 0.15) is 5.78 Å². The van der Waals surface area contributed by atoms with Gasteiger partial charge < -0.3 is 9.47 Å². The van der Waals surface area contributed by atoms with Crippen molar-refractivity contribution in [1.29, 1.82) is 0 Å². The quantitative estimate of drug-likeness (QED) is 0.676. The van der Waals surface area contributed by atoms with E-state index < -0.39 is 0 Å². The molecule has 1 fully saturated rings. The molecule has 26 heavy (non-hydrogen) atoms. The Balaban J connectivity index is 1.33. The summed E-state index contributed by atoms with van der Waals surface area (Å²) in [6, 6.07) is 20.3. The number of benzene rings is 2. The van der Waals surface area contributed by atoms with Gasteiger partial charge in [-0.15, -0.1) is 0 Å². The molecule has 2 aromatic carbocycles. The van der Waals surface area contributed by atoms with Crippen LogP contribution in [0.15, 0.2) is 72.8 Å². The van der Waals surface area contributed by atoms with Crippen molar-refractivity contribution in [1.82, 2.24) is 0 Å². The first-order valence-electron chi connectivity index (χ1n) is 9.28. The molecule has 0 radical (unpaired) electrons. The SMILES string of the molecule is O=C1[C@H]2C=C[C@@H]1[C@@H](COCc1ccccc1)[C@H]2COCc1ccccc1. The van der Waals surface area contributed by atoms with Crippen LogP contribution in [0.4, 0.5) is 0 Å². The molecule has 3 nitrogen and oxygen atoms in total. The lowest BCUT2D eigenvalue weighted by molar-refractivity contribution is -0.121. The van der Waals surface area contributed by atoms with Gasteiger partial charge in [0.2, 0.25) is 0 Å². The van der Waals surface area contributed by atoms with E-state index in [2.05, 4.69) is 36.4 Å². The minimum Gasteiger partial charge on any atom is -0.376 e. The Morgan fingerprint density at radius 3 is 1.50 bits per heavy atom. The van der Waals surface area contributed by atoms with Crippen LogP contribution in [0.25, 0.3) is 0 Å². The number of carbonyl (C=O) groups is 1. The van der Waals surface area contributed by atoms with E-state index in [-0.39, 0.29) is 23.7 Å². The number of ether oxygens (including phenoxy) is 2. The average molecular weight is 348 g/mol. The maximum absolute atomic E-state index is 12.5. The Labute approximate surface area is 154 Å². The summed E-state index contributed by atoms with van der Waals surface area (Å²) in [4.78, 5) is 12.5. The maximum atomic E-state index is 12.5. The van der Waals surface area contributed by atoms with E-state index in [1.165, 1.54) is 0 Å². The van der Waals surface area contributed by atoms with Crippen molar-refractivity contribution < 1.29 is 14.3 Å². The summed E-state index contributed by atoms with van der Waals surface area (Å²) in [6.45, 7) is 2.38. The third-order valence-corrected chi connectivity index (χ3v) is 5.50. The van der Waals surface area contributed by atoms with E-state index in [9.17, 15) is 4.79 Å². The summed E-state index contributed by atoms with van der Waals surface area (Å²) in [6.07, 6.45) is 4.13. The largest absolute Gasteiger partial charge is 0.376 e. The molecule has 2 aromatic rings. The van der Waals surface area contributed by atoms with Gasteiger partial charge in [-0.25, -0.2) is 0 Å². The van der Waals surface area contributed by atoms with Gasteiger partial charge in [-0.1, -0.05) is 72.8 Å². The van der Waals surface area contributed by atoms with Gasteiger partial charge >= 0.3 is 0 Å². The van der Waals surface area contributed by atoms with Crippen LogP contribution in [-0.2, 0) is 27.5 Å². The second-order valence-corrected chi connectivity index (χ2v) is 7.17. The zero-order valence-electron chi connectivity index (χ0n) is 14.8. The Hall–Kier alpha value is -2.23. The molecule has 2 bridgehead atoms. The molecule has 0 unspecified atom stereocenters. The van der Waals surface area contributed by atoms with Gasteiger partial charge in [0.15, 0.2) is 0 Å². The van der Waals surface area contributed by atoms with E-state index in [1.54, 1.807) is 0 Å². The fraction of sp³-hybridized carbons (Fsp3) is 0.348. The summed E-state index contributed by atoms with van der Waals surface area (Å²) >= 11 is 0. The zero-order valence-corrected chi connectivity index (χ0v) is 14.8. The molecule has 2 aliphatic rings. The first-order chi connectivity index (χ1) is 12.8. The molecule has 0 amide bonds. The smallest absolute Gasteiger partial charge is 0.147 e. The summed E-state index contributed by atoms with van der Waals surface area (Å²) in [7, 11) is 0. The summed E-state index contributed by atoms with van der Waals surface area (Å²) in [5.41, 5.74) is 2.32. The van der Waals surface area contributed by atoms with E-state index >= 15 is 0 Å². The van der Waals surface area contributed by atoms with Crippen LogP contribution in [0.5, 0.6) is 0 Å². The normalized spacial score (nSPS) is 26.5. The number of fused-ring (bicyclic) bond motifs is 2. The Bertz CT molecular complexity index is 690. The van der Waals surface area contributed by atoms with Gasteiger partial charge in [-0.2, -0.15) is 0 Å². The third-order valence-electron chi connectivity index (χ3n) is 5.50. The Kier molecular flexibility index (Phi) is 5.28. The molecule has 0 saturated heterocycles. The summed E-state index contributed by atoms with van der Waals surface area (Å²) in [5, 5.41) is 0. The molecule has 3 heteroatoms. The first kappa shape index (κ1) is 17.2. The third kappa shape index (κ3) is 3.64. The monoisotopic (exact) mass is 348 g/mol. The topological polar surface area (TPSA) is 35.5 Å². The van der Waals surface area contributed by atoms with Crippen molar-refractivity contribution in [2.75, 3.05) is 13.2 Å². The number of ketones is 1. The van der Waals surface area contributed by atoms with Crippen LogP contribution in [0.1, 0.15) is 11.1 Å². The van der Waals surface area contributed by atoms with Crippen LogP contribution in [0.3, 0.4) is 0 Å². The highest BCUT2D eigenvalue weighted by atomic mass is 16.5. The van der Waals surface area contributed by atoms with Gasteiger partial charge in [0.25, 0.3) is 0 Å². The van der Waals surface area contributed by atoms with Gasteiger partial charge in [0, 0.05) is 23.7 Å².